The van der Waals surface area contributed by atoms with E-state index in [2.05, 4.69) is 53.3 Å². The van der Waals surface area contributed by atoms with Crippen LogP contribution in [0, 0.1) is 6.92 Å². The lowest BCUT2D eigenvalue weighted by molar-refractivity contribution is 0.324. The number of thiazole rings is 1. The van der Waals surface area contributed by atoms with Gasteiger partial charge in [-0.1, -0.05) is 47.7 Å². The fourth-order valence-corrected chi connectivity index (χ4v) is 5.22. The van der Waals surface area contributed by atoms with Crippen LogP contribution in [-0.2, 0) is 12.3 Å². The summed E-state index contributed by atoms with van der Waals surface area (Å²) in [7, 11) is 4.77. The number of nitrogens with zero attached hydrogens (tertiary/aromatic N) is 4. The van der Waals surface area contributed by atoms with Gasteiger partial charge in [0.15, 0.2) is 22.5 Å². The number of hydrogen-bond acceptors (Lipinski definition) is 8. The van der Waals surface area contributed by atoms with E-state index in [-0.39, 0.29) is 0 Å². The van der Waals surface area contributed by atoms with Gasteiger partial charge < -0.3 is 14.2 Å². The number of hydrogen-bond donors (Lipinski definition) is 0. The van der Waals surface area contributed by atoms with Crippen LogP contribution in [0.4, 0.5) is 0 Å². The molecular formula is C25H26N4O3S2. The lowest BCUT2D eigenvalue weighted by Crippen LogP contribution is -2.02. The van der Waals surface area contributed by atoms with Crippen LogP contribution in [0.5, 0.6) is 17.2 Å². The molecule has 2 aromatic heterocycles. The molecule has 0 aliphatic carbocycles. The van der Waals surface area contributed by atoms with Gasteiger partial charge in [0.25, 0.3) is 0 Å². The zero-order valence-corrected chi connectivity index (χ0v) is 21.2. The quantitative estimate of drug-likeness (QED) is 0.201. The van der Waals surface area contributed by atoms with Crippen molar-refractivity contribution in [2.24, 2.45) is 0 Å². The summed E-state index contributed by atoms with van der Waals surface area (Å²) in [5.74, 6) is 3.04. The topological polar surface area (TPSA) is 71.3 Å². The van der Waals surface area contributed by atoms with Crippen LogP contribution in [0.2, 0.25) is 0 Å². The summed E-state index contributed by atoms with van der Waals surface area (Å²) in [6.45, 7) is 6.55. The van der Waals surface area contributed by atoms with Crippen LogP contribution in [0.15, 0.2) is 59.6 Å². The van der Waals surface area contributed by atoms with E-state index in [1.807, 2.05) is 22.8 Å². The molecule has 0 unspecified atom stereocenters. The lowest BCUT2D eigenvalue weighted by Gasteiger charge is -2.14. The van der Waals surface area contributed by atoms with Gasteiger partial charge in [0.1, 0.15) is 5.01 Å². The molecule has 7 nitrogen and oxygen atoms in total. The molecule has 0 N–H and O–H groups in total. The molecule has 0 fully saturated rings. The number of methoxy groups -OCH3 is 3. The highest BCUT2D eigenvalue weighted by molar-refractivity contribution is 7.98. The second kappa shape index (κ2) is 10.8. The van der Waals surface area contributed by atoms with Crippen LogP contribution >= 0.6 is 23.1 Å². The number of allylic oxidation sites excluding steroid dienone is 1. The molecule has 0 aliphatic rings. The summed E-state index contributed by atoms with van der Waals surface area (Å²) in [5, 5.41) is 12.8. The average Bonchev–Trinajstić information content (AvgIpc) is 3.49. The highest BCUT2D eigenvalue weighted by atomic mass is 32.2. The molecular weight excluding hydrogens is 468 g/mol. The first kappa shape index (κ1) is 23.8. The van der Waals surface area contributed by atoms with Crippen molar-refractivity contribution in [2.45, 2.75) is 24.4 Å². The summed E-state index contributed by atoms with van der Waals surface area (Å²) in [6, 6.07) is 12.2. The molecule has 0 radical (unpaired) electrons. The largest absolute Gasteiger partial charge is 0.493 e. The average molecular weight is 495 g/mol. The van der Waals surface area contributed by atoms with Gasteiger partial charge >= 0.3 is 0 Å². The summed E-state index contributed by atoms with van der Waals surface area (Å²) in [6.07, 6.45) is 1.83. The maximum atomic E-state index is 5.50. The first-order valence-electron chi connectivity index (χ1n) is 10.6. The minimum atomic E-state index is 0.533. The molecule has 0 spiro atoms. The summed E-state index contributed by atoms with van der Waals surface area (Å²) < 4.78 is 18.5. The maximum Gasteiger partial charge on any atom is 0.203 e. The van der Waals surface area contributed by atoms with E-state index in [0.717, 1.165) is 27.0 Å². The smallest absolute Gasteiger partial charge is 0.203 e. The zero-order valence-electron chi connectivity index (χ0n) is 19.6. The Labute approximate surface area is 207 Å². The van der Waals surface area contributed by atoms with E-state index in [1.54, 1.807) is 44.4 Å². The van der Waals surface area contributed by atoms with Crippen molar-refractivity contribution >= 4 is 23.1 Å². The van der Waals surface area contributed by atoms with Gasteiger partial charge in [0, 0.05) is 28.8 Å². The monoisotopic (exact) mass is 494 g/mol. The standard InChI is InChI=1S/C25H26N4O3S2/c1-6-11-29-23(18-12-20(30-3)22(32-5)21(13-18)31-4)27-28-25(29)34-15-19-14-33-24(26-19)17-9-7-16(2)8-10-17/h6-10,12-14H,1,11,15H2,2-5H3. The maximum absolute atomic E-state index is 5.50. The molecule has 4 rings (SSSR count). The van der Waals surface area contributed by atoms with Crippen molar-refractivity contribution < 1.29 is 14.2 Å². The highest BCUT2D eigenvalue weighted by Gasteiger charge is 2.19. The molecule has 9 heteroatoms. The van der Waals surface area contributed by atoms with Crippen molar-refractivity contribution in [1.29, 1.82) is 0 Å². The SMILES string of the molecule is C=CCn1c(SCc2csc(-c3ccc(C)cc3)n2)nnc1-c1cc(OC)c(OC)c(OC)c1. The molecule has 34 heavy (non-hydrogen) atoms. The normalized spacial score (nSPS) is 10.8. The minimum absolute atomic E-state index is 0.533. The van der Waals surface area contributed by atoms with Crippen LogP contribution in [-0.4, -0.2) is 41.1 Å². The van der Waals surface area contributed by atoms with Gasteiger partial charge in [-0.25, -0.2) is 4.98 Å². The molecule has 0 aliphatic heterocycles. The van der Waals surface area contributed by atoms with E-state index in [9.17, 15) is 0 Å². The number of rotatable bonds is 10. The second-order valence-electron chi connectivity index (χ2n) is 7.42. The van der Waals surface area contributed by atoms with E-state index in [4.69, 9.17) is 19.2 Å². The fourth-order valence-electron chi connectivity index (χ4n) is 3.45. The third kappa shape index (κ3) is 4.95. The molecule has 0 saturated heterocycles. The Balaban J connectivity index is 1.59. The molecule has 0 amide bonds. The van der Waals surface area contributed by atoms with Crippen molar-refractivity contribution in [3.63, 3.8) is 0 Å². The number of thioether (sulfide) groups is 1. The predicted molar refractivity (Wildman–Crippen MR) is 137 cm³/mol. The fraction of sp³-hybridized carbons (Fsp3) is 0.240. The van der Waals surface area contributed by atoms with Crippen molar-refractivity contribution in [2.75, 3.05) is 21.3 Å². The van der Waals surface area contributed by atoms with Crippen LogP contribution < -0.4 is 14.2 Å². The number of benzene rings is 2. The summed E-state index contributed by atoms with van der Waals surface area (Å²) in [5.41, 5.74) is 4.19. The van der Waals surface area contributed by atoms with Gasteiger partial charge in [-0.05, 0) is 19.1 Å². The van der Waals surface area contributed by atoms with Gasteiger partial charge in [-0.15, -0.1) is 28.1 Å². The molecule has 0 bridgehead atoms. The van der Waals surface area contributed by atoms with Crippen molar-refractivity contribution in [1.82, 2.24) is 19.7 Å². The van der Waals surface area contributed by atoms with Crippen LogP contribution in [0.25, 0.3) is 22.0 Å². The van der Waals surface area contributed by atoms with Crippen molar-refractivity contribution in [3.05, 3.63) is 65.7 Å². The molecule has 0 atom stereocenters. The summed E-state index contributed by atoms with van der Waals surface area (Å²) in [4.78, 5) is 4.80. The highest BCUT2D eigenvalue weighted by Crippen LogP contribution is 2.41. The predicted octanol–water partition coefficient (Wildman–Crippen LogP) is 5.88. The van der Waals surface area contributed by atoms with Crippen LogP contribution in [0.3, 0.4) is 0 Å². The lowest BCUT2D eigenvalue weighted by atomic mass is 10.1. The first-order valence-corrected chi connectivity index (χ1v) is 12.4. The van der Waals surface area contributed by atoms with Gasteiger partial charge in [-0.3, -0.25) is 4.57 Å². The third-order valence-electron chi connectivity index (χ3n) is 5.15. The Morgan fingerprint density at radius 1 is 1.00 bits per heavy atom. The Hall–Kier alpha value is -3.30. The van der Waals surface area contributed by atoms with Gasteiger partial charge in [-0.2, -0.15) is 0 Å². The Morgan fingerprint density at radius 3 is 2.32 bits per heavy atom. The molecule has 2 heterocycles. The molecule has 2 aromatic carbocycles. The van der Waals surface area contributed by atoms with E-state index < -0.39 is 0 Å². The zero-order chi connectivity index (χ0) is 24.1. The minimum Gasteiger partial charge on any atom is -0.493 e. The second-order valence-corrected chi connectivity index (χ2v) is 9.22. The first-order chi connectivity index (χ1) is 16.6. The Bertz CT molecular complexity index is 1260. The molecule has 4 aromatic rings. The van der Waals surface area contributed by atoms with Gasteiger partial charge in [0.2, 0.25) is 5.75 Å². The van der Waals surface area contributed by atoms with E-state index in [1.165, 1.54) is 5.56 Å². The number of aromatic nitrogens is 4. The number of aryl methyl sites for hydroxylation is 1. The van der Waals surface area contributed by atoms with Crippen LogP contribution in [0.1, 0.15) is 11.3 Å². The Kier molecular flexibility index (Phi) is 7.54. The Morgan fingerprint density at radius 2 is 1.71 bits per heavy atom. The van der Waals surface area contributed by atoms with E-state index >= 15 is 0 Å². The third-order valence-corrected chi connectivity index (χ3v) is 7.09. The number of ether oxygens (including phenoxy) is 3. The van der Waals surface area contributed by atoms with E-state index in [0.29, 0.717) is 35.4 Å². The molecule has 0 saturated carbocycles. The molecule has 176 valence electrons. The summed E-state index contributed by atoms with van der Waals surface area (Å²) >= 11 is 3.24. The van der Waals surface area contributed by atoms with Crippen molar-refractivity contribution in [3.8, 4) is 39.2 Å². The van der Waals surface area contributed by atoms with Gasteiger partial charge in [0.05, 0.1) is 27.0 Å².